The number of halogens is 2. The number of rotatable bonds is 4. The Bertz CT molecular complexity index is 329. The Morgan fingerprint density at radius 2 is 2.36 bits per heavy atom. The van der Waals surface area contributed by atoms with Crippen molar-refractivity contribution in [1.82, 2.24) is 4.98 Å². The molecule has 1 aromatic rings. The van der Waals surface area contributed by atoms with Gasteiger partial charge in [0.15, 0.2) is 6.29 Å². The van der Waals surface area contributed by atoms with Crippen molar-refractivity contribution >= 4 is 6.29 Å². The number of hydrogen-bond acceptors (Lipinski definition) is 3. The van der Waals surface area contributed by atoms with Crippen molar-refractivity contribution in [3.05, 3.63) is 23.5 Å². The molecule has 0 fully saturated rings. The van der Waals surface area contributed by atoms with Crippen LogP contribution in [0.1, 0.15) is 16.1 Å². The molecule has 0 aliphatic carbocycles. The number of aldehydes is 1. The van der Waals surface area contributed by atoms with Crippen LogP contribution in [-0.4, -0.2) is 24.3 Å². The minimum atomic E-state index is -2.51. The number of pyridine rings is 1. The Morgan fingerprint density at radius 3 is 2.86 bits per heavy atom. The first-order valence-electron chi connectivity index (χ1n) is 3.96. The Kier molecular flexibility index (Phi) is 3.50. The molecule has 0 bridgehead atoms. The van der Waals surface area contributed by atoms with Gasteiger partial charge >= 0.3 is 0 Å². The minimum absolute atomic E-state index is 0.256. The van der Waals surface area contributed by atoms with E-state index < -0.39 is 13.0 Å². The van der Waals surface area contributed by atoms with E-state index in [1.807, 2.05) is 0 Å². The van der Waals surface area contributed by atoms with Gasteiger partial charge < -0.3 is 4.74 Å². The zero-order chi connectivity index (χ0) is 10.6. The third kappa shape index (κ3) is 2.76. The van der Waals surface area contributed by atoms with E-state index in [-0.39, 0.29) is 11.4 Å². The maximum Gasteiger partial charge on any atom is 0.272 e. The summed E-state index contributed by atoms with van der Waals surface area (Å²) in [5, 5.41) is 0. The number of alkyl halides is 2. The molecule has 1 aromatic heterocycles. The van der Waals surface area contributed by atoms with Gasteiger partial charge in [0.05, 0.1) is 6.20 Å². The highest BCUT2D eigenvalue weighted by Crippen LogP contribution is 2.16. The average Bonchev–Trinajstić information content (AvgIpc) is 2.15. The number of nitrogens with zero attached hydrogens (tertiary/aromatic N) is 1. The molecule has 0 atom stereocenters. The number of aryl methyl sites for hydroxylation is 1. The van der Waals surface area contributed by atoms with Crippen LogP contribution in [0, 0.1) is 6.92 Å². The van der Waals surface area contributed by atoms with E-state index in [4.69, 9.17) is 4.74 Å². The van der Waals surface area contributed by atoms with Crippen LogP contribution in [0.25, 0.3) is 0 Å². The van der Waals surface area contributed by atoms with Gasteiger partial charge in [-0.1, -0.05) is 0 Å². The second kappa shape index (κ2) is 4.64. The zero-order valence-electron chi connectivity index (χ0n) is 7.54. The Morgan fingerprint density at radius 1 is 1.64 bits per heavy atom. The van der Waals surface area contributed by atoms with Crippen LogP contribution in [-0.2, 0) is 0 Å². The van der Waals surface area contributed by atoms with Crippen LogP contribution in [0.15, 0.2) is 12.3 Å². The fourth-order valence-electron chi connectivity index (χ4n) is 0.934. The average molecular weight is 201 g/mol. The lowest BCUT2D eigenvalue weighted by Gasteiger charge is -2.07. The summed E-state index contributed by atoms with van der Waals surface area (Å²) in [6.45, 7) is 0.998. The number of carbonyl (C=O) groups is 1. The smallest absolute Gasteiger partial charge is 0.272 e. The monoisotopic (exact) mass is 201 g/mol. The summed E-state index contributed by atoms with van der Waals surface area (Å²) < 4.78 is 28.4. The largest absolute Gasteiger partial charge is 0.486 e. The van der Waals surface area contributed by atoms with Gasteiger partial charge in [-0.05, 0) is 18.6 Å². The van der Waals surface area contributed by atoms with E-state index in [1.54, 1.807) is 6.92 Å². The highest BCUT2D eigenvalue weighted by atomic mass is 19.3. The quantitative estimate of drug-likeness (QED) is 0.698. The van der Waals surface area contributed by atoms with E-state index in [9.17, 15) is 13.6 Å². The predicted octanol–water partition coefficient (Wildman–Crippen LogP) is 1.85. The maximum absolute atomic E-state index is 11.8. The normalized spacial score (nSPS) is 10.3. The van der Waals surface area contributed by atoms with E-state index in [2.05, 4.69) is 4.98 Å². The molecule has 0 aliphatic rings. The van der Waals surface area contributed by atoms with Crippen molar-refractivity contribution in [1.29, 1.82) is 0 Å². The molecule has 0 spiro atoms. The van der Waals surface area contributed by atoms with Crippen LogP contribution in [0.2, 0.25) is 0 Å². The molecule has 0 aromatic carbocycles. The van der Waals surface area contributed by atoms with E-state index >= 15 is 0 Å². The molecule has 76 valence electrons. The lowest BCUT2D eigenvalue weighted by atomic mass is 10.2. The molecule has 1 rings (SSSR count). The molecule has 0 amide bonds. The zero-order valence-corrected chi connectivity index (χ0v) is 7.54. The summed E-state index contributed by atoms with van der Waals surface area (Å²) in [6, 6.07) is 1.48. The van der Waals surface area contributed by atoms with Crippen molar-refractivity contribution in [3.63, 3.8) is 0 Å². The van der Waals surface area contributed by atoms with Crippen molar-refractivity contribution in [3.8, 4) is 5.75 Å². The molecule has 0 N–H and O–H groups in total. The third-order valence-electron chi connectivity index (χ3n) is 1.57. The van der Waals surface area contributed by atoms with Gasteiger partial charge in [-0.15, -0.1) is 0 Å². The maximum atomic E-state index is 11.8. The molecule has 0 radical (unpaired) electrons. The van der Waals surface area contributed by atoms with Crippen molar-refractivity contribution in [2.45, 2.75) is 13.3 Å². The summed E-state index contributed by atoms with van der Waals surface area (Å²) in [4.78, 5) is 14.0. The van der Waals surface area contributed by atoms with Crippen LogP contribution < -0.4 is 4.74 Å². The summed E-state index contributed by atoms with van der Waals surface area (Å²) in [5.74, 6) is 0.274. The fraction of sp³-hybridized carbons (Fsp3) is 0.333. The van der Waals surface area contributed by atoms with E-state index in [0.717, 1.165) is 0 Å². The van der Waals surface area contributed by atoms with Gasteiger partial charge in [-0.3, -0.25) is 4.79 Å². The fourth-order valence-corrected chi connectivity index (χ4v) is 0.934. The first-order valence-corrected chi connectivity index (χ1v) is 3.96. The van der Waals surface area contributed by atoms with E-state index in [1.165, 1.54) is 12.3 Å². The van der Waals surface area contributed by atoms with Crippen LogP contribution in [0.5, 0.6) is 5.75 Å². The molecule has 5 heteroatoms. The molecular weight excluding hydrogens is 192 g/mol. The second-order valence-electron chi connectivity index (χ2n) is 2.69. The molecule has 0 saturated carbocycles. The SMILES string of the molecule is Cc1cc(C=O)ncc1OCC(F)F. The molecule has 0 unspecified atom stereocenters. The highest BCUT2D eigenvalue weighted by Gasteiger charge is 2.06. The highest BCUT2D eigenvalue weighted by molar-refractivity contribution is 5.72. The Labute approximate surface area is 79.7 Å². The number of carbonyl (C=O) groups excluding carboxylic acids is 1. The molecule has 3 nitrogen and oxygen atoms in total. The third-order valence-corrected chi connectivity index (χ3v) is 1.57. The summed E-state index contributed by atoms with van der Waals surface area (Å²) in [7, 11) is 0. The standard InChI is InChI=1S/C9H9F2NO2/c1-6-2-7(4-13)12-3-8(6)14-5-9(10)11/h2-4,9H,5H2,1H3. The predicted molar refractivity (Wildman–Crippen MR) is 45.9 cm³/mol. The van der Waals surface area contributed by atoms with Crippen LogP contribution in [0.4, 0.5) is 8.78 Å². The van der Waals surface area contributed by atoms with Gasteiger partial charge in [-0.25, -0.2) is 13.8 Å². The van der Waals surface area contributed by atoms with Crippen molar-refractivity contribution in [2.75, 3.05) is 6.61 Å². The lowest BCUT2D eigenvalue weighted by molar-refractivity contribution is 0.0813. The molecule has 0 aliphatic heterocycles. The number of ether oxygens (including phenoxy) is 1. The van der Waals surface area contributed by atoms with Crippen LogP contribution in [0.3, 0.4) is 0 Å². The van der Waals surface area contributed by atoms with Crippen LogP contribution >= 0.6 is 0 Å². The summed E-state index contributed by atoms with van der Waals surface area (Å²) >= 11 is 0. The summed E-state index contributed by atoms with van der Waals surface area (Å²) in [6.07, 6.45) is -0.661. The minimum Gasteiger partial charge on any atom is -0.486 e. The molecular formula is C9H9F2NO2. The molecule has 1 heterocycles. The Hall–Kier alpha value is -1.52. The topological polar surface area (TPSA) is 39.2 Å². The molecule has 14 heavy (non-hydrogen) atoms. The number of hydrogen-bond donors (Lipinski definition) is 0. The van der Waals surface area contributed by atoms with Gasteiger partial charge in [0.2, 0.25) is 0 Å². The summed E-state index contributed by atoms with van der Waals surface area (Å²) in [5.41, 5.74) is 0.870. The van der Waals surface area contributed by atoms with Gasteiger partial charge in [-0.2, -0.15) is 0 Å². The number of aromatic nitrogens is 1. The second-order valence-corrected chi connectivity index (χ2v) is 2.69. The Balaban J connectivity index is 2.73. The van der Waals surface area contributed by atoms with Gasteiger partial charge in [0, 0.05) is 0 Å². The van der Waals surface area contributed by atoms with Crippen molar-refractivity contribution in [2.24, 2.45) is 0 Å². The molecule has 0 saturated heterocycles. The lowest BCUT2D eigenvalue weighted by Crippen LogP contribution is -2.08. The van der Waals surface area contributed by atoms with E-state index in [0.29, 0.717) is 11.8 Å². The van der Waals surface area contributed by atoms with Gasteiger partial charge in [0.1, 0.15) is 18.1 Å². The van der Waals surface area contributed by atoms with Gasteiger partial charge in [0.25, 0.3) is 6.43 Å². The first kappa shape index (κ1) is 10.6. The van der Waals surface area contributed by atoms with Crippen molar-refractivity contribution < 1.29 is 18.3 Å². The first-order chi connectivity index (χ1) is 6.63.